The van der Waals surface area contributed by atoms with Crippen molar-refractivity contribution < 1.29 is 14.3 Å². The van der Waals surface area contributed by atoms with E-state index in [2.05, 4.69) is 13.8 Å². The molecule has 0 radical (unpaired) electrons. The van der Waals surface area contributed by atoms with Crippen LogP contribution in [0.15, 0.2) is 24.3 Å². The topological polar surface area (TPSA) is 64.8 Å². The highest BCUT2D eigenvalue weighted by atomic mass is 16.5. The Hall–Kier alpha value is -1.75. The standard InChI is InChI=1S/C19H28N2O3/c1-19(2)17(11-6-13-4-5-13)24-12-16(21(19)18(20)22)14-7-9-15(23-3)10-8-14/h7-10,13,16-17H,4-6,11-12H2,1-3H3,(H2,20,22). The maximum Gasteiger partial charge on any atom is 0.315 e. The molecular weight excluding hydrogens is 304 g/mol. The van der Waals surface area contributed by atoms with E-state index in [1.165, 1.54) is 19.3 Å². The van der Waals surface area contributed by atoms with Gasteiger partial charge in [-0.2, -0.15) is 0 Å². The number of amides is 2. The second-order valence-corrected chi connectivity index (χ2v) is 7.49. The lowest BCUT2D eigenvalue weighted by Crippen LogP contribution is -2.62. The first-order valence-electron chi connectivity index (χ1n) is 8.77. The molecule has 1 aromatic carbocycles. The Morgan fingerprint density at radius 3 is 2.50 bits per heavy atom. The Bertz CT molecular complexity index is 581. The number of carbonyl (C=O) groups excluding carboxylic acids is 1. The number of methoxy groups -OCH3 is 1. The Balaban J connectivity index is 1.80. The number of nitrogens with zero attached hydrogens (tertiary/aromatic N) is 1. The number of morpholine rings is 1. The van der Waals surface area contributed by atoms with Crippen molar-refractivity contribution in [2.45, 2.75) is 57.2 Å². The van der Waals surface area contributed by atoms with Crippen LogP contribution in [0.2, 0.25) is 0 Å². The van der Waals surface area contributed by atoms with Gasteiger partial charge >= 0.3 is 6.03 Å². The van der Waals surface area contributed by atoms with Gasteiger partial charge < -0.3 is 20.1 Å². The minimum absolute atomic E-state index is 0.0279. The normalized spacial score (nSPS) is 26.2. The molecule has 1 saturated heterocycles. The van der Waals surface area contributed by atoms with Gasteiger partial charge in [0.15, 0.2) is 0 Å². The number of hydrogen-bond acceptors (Lipinski definition) is 3. The summed E-state index contributed by atoms with van der Waals surface area (Å²) in [4.78, 5) is 14.0. The molecule has 132 valence electrons. The second-order valence-electron chi connectivity index (χ2n) is 7.49. The first-order valence-corrected chi connectivity index (χ1v) is 8.77. The van der Waals surface area contributed by atoms with Gasteiger partial charge in [0.25, 0.3) is 0 Å². The first kappa shape index (κ1) is 17.1. The van der Waals surface area contributed by atoms with Crippen molar-refractivity contribution in [1.29, 1.82) is 0 Å². The third kappa shape index (κ3) is 3.36. The number of carbonyl (C=O) groups is 1. The van der Waals surface area contributed by atoms with Crippen molar-refractivity contribution in [2.24, 2.45) is 11.7 Å². The molecule has 2 aliphatic rings. The van der Waals surface area contributed by atoms with Crippen molar-refractivity contribution in [1.82, 2.24) is 4.90 Å². The second kappa shape index (κ2) is 6.63. The van der Waals surface area contributed by atoms with Crippen LogP contribution >= 0.6 is 0 Å². The van der Waals surface area contributed by atoms with Crippen LogP contribution in [0.1, 0.15) is 51.1 Å². The van der Waals surface area contributed by atoms with Gasteiger partial charge in [-0.25, -0.2) is 4.79 Å². The molecule has 0 bridgehead atoms. The number of hydrogen-bond donors (Lipinski definition) is 1. The molecular formula is C19H28N2O3. The number of benzene rings is 1. The molecule has 1 aliphatic heterocycles. The van der Waals surface area contributed by atoms with Crippen molar-refractivity contribution in [2.75, 3.05) is 13.7 Å². The van der Waals surface area contributed by atoms with Gasteiger partial charge in [0.2, 0.25) is 0 Å². The summed E-state index contributed by atoms with van der Waals surface area (Å²) in [5, 5.41) is 0. The number of nitrogens with two attached hydrogens (primary N) is 1. The van der Waals surface area contributed by atoms with E-state index in [0.717, 1.165) is 23.7 Å². The van der Waals surface area contributed by atoms with Crippen molar-refractivity contribution >= 4 is 6.03 Å². The third-order valence-corrected chi connectivity index (χ3v) is 5.45. The van der Waals surface area contributed by atoms with Crippen LogP contribution in [0.5, 0.6) is 5.75 Å². The van der Waals surface area contributed by atoms with Gasteiger partial charge in [0.1, 0.15) is 5.75 Å². The van der Waals surface area contributed by atoms with Crippen molar-refractivity contribution in [3.05, 3.63) is 29.8 Å². The zero-order valence-electron chi connectivity index (χ0n) is 14.8. The number of ether oxygens (including phenoxy) is 2. The Morgan fingerprint density at radius 2 is 1.96 bits per heavy atom. The number of rotatable bonds is 5. The van der Waals surface area contributed by atoms with Crippen LogP contribution in [0.3, 0.4) is 0 Å². The molecule has 2 fully saturated rings. The van der Waals surface area contributed by atoms with E-state index < -0.39 is 5.54 Å². The molecule has 0 spiro atoms. The highest BCUT2D eigenvalue weighted by molar-refractivity contribution is 5.74. The lowest BCUT2D eigenvalue weighted by molar-refractivity contribution is -0.125. The third-order valence-electron chi connectivity index (χ3n) is 5.45. The molecule has 1 saturated carbocycles. The van der Waals surface area contributed by atoms with Gasteiger partial charge in [0, 0.05) is 0 Å². The molecule has 24 heavy (non-hydrogen) atoms. The zero-order chi connectivity index (χ0) is 17.3. The molecule has 2 unspecified atom stereocenters. The Labute approximate surface area is 144 Å². The first-order chi connectivity index (χ1) is 11.4. The van der Waals surface area contributed by atoms with E-state index in [1.54, 1.807) is 12.0 Å². The van der Waals surface area contributed by atoms with Crippen LogP contribution in [-0.4, -0.2) is 36.3 Å². The lowest BCUT2D eigenvalue weighted by Gasteiger charge is -2.51. The average molecular weight is 332 g/mol. The molecule has 0 aromatic heterocycles. The highest BCUT2D eigenvalue weighted by Gasteiger charge is 2.46. The quantitative estimate of drug-likeness (QED) is 0.898. The van der Waals surface area contributed by atoms with E-state index in [4.69, 9.17) is 15.2 Å². The maximum absolute atomic E-state index is 12.2. The largest absolute Gasteiger partial charge is 0.497 e. The predicted octanol–water partition coefficient (Wildman–Crippen LogP) is 3.48. The Kier molecular flexibility index (Phi) is 4.72. The van der Waals surface area contributed by atoms with E-state index >= 15 is 0 Å². The molecule has 1 aliphatic carbocycles. The fraction of sp³-hybridized carbons (Fsp3) is 0.632. The van der Waals surface area contributed by atoms with Gasteiger partial charge in [-0.05, 0) is 50.3 Å². The van der Waals surface area contributed by atoms with Crippen LogP contribution in [0, 0.1) is 5.92 Å². The molecule has 2 N–H and O–H groups in total. The smallest absolute Gasteiger partial charge is 0.315 e. The van der Waals surface area contributed by atoms with Gasteiger partial charge in [-0.15, -0.1) is 0 Å². The fourth-order valence-corrected chi connectivity index (χ4v) is 3.78. The Morgan fingerprint density at radius 1 is 1.29 bits per heavy atom. The van der Waals surface area contributed by atoms with Crippen LogP contribution < -0.4 is 10.5 Å². The molecule has 5 heteroatoms. The number of urea groups is 1. The fourth-order valence-electron chi connectivity index (χ4n) is 3.78. The summed E-state index contributed by atoms with van der Waals surface area (Å²) in [7, 11) is 1.64. The van der Waals surface area contributed by atoms with Gasteiger partial charge in [0.05, 0.1) is 31.4 Å². The van der Waals surface area contributed by atoms with E-state index in [0.29, 0.717) is 6.61 Å². The minimum Gasteiger partial charge on any atom is -0.497 e. The number of primary amides is 1. The zero-order valence-corrected chi connectivity index (χ0v) is 14.8. The van der Waals surface area contributed by atoms with E-state index in [1.807, 2.05) is 24.3 Å². The molecule has 2 atom stereocenters. The van der Waals surface area contributed by atoms with Crippen molar-refractivity contribution in [3.8, 4) is 5.75 Å². The molecule has 3 rings (SSSR count). The van der Waals surface area contributed by atoms with E-state index in [9.17, 15) is 4.79 Å². The van der Waals surface area contributed by atoms with Gasteiger partial charge in [-0.3, -0.25) is 0 Å². The monoisotopic (exact) mass is 332 g/mol. The highest BCUT2D eigenvalue weighted by Crippen LogP contribution is 2.41. The van der Waals surface area contributed by atoms with E-state index in [-0.39, 0.29) is 18.2 Å². The molecule has 1 heterocycles. The lowest BCUT2D eigenvalue weighted by atomic mass is 9.86. The van der Waals surface area contributed by atoms with Crippen molar-refractivity contribution in [3.63, 3.8) is 0 Å². The minimum atomic E-state index is -0.427. The molecule has 5 nitrogen and oxygen atoms in total. The SMILES string of the molecule is COc1ccc(C2COC(CCC3CC3)C(C)(C)N2C(N)=O)cc1. The van der Waals surface area contributed by atoms with Gasteiger partial charge in [-0.1, -0.05) is 25.0 Å². The predicted molar refractivity (Wildman–Crippen MR) is 92.9 cm³/mol. The summed E-state index contributed by atoms with van der Waals surface area (Å²) in [6.07, 6.45) is 4.85. The summed E-state index contributed by atoms with van der Waals surface area (Å²) in [6, 6.07) is 7.20. The van der Waals surface area contributed by atoms with Crippen LogP contribution in [0.25, 0.3) is 0 Å². The summed E-state index contributed by atoms with van der Waals surface area (Å²) >= 11 is 0. The van der Waals surface area contributed by atoms with Crippen LogP contribution in [-0.2, 0) is 4.74 Å². The summed E-state index contributed by atoms with van der Waals surface area (Å²) in [5.74, 6) is 1.65. The maximum atomic E-state index is 12.2. The van der Waals surface area contributed by atoms with Crippen LogP contribution in [0.4, 0.5) is 4.79 Å². The average Bonchev–Trinajstić information content (AvgIpc) is 3.36. The summed E-state index contributed by atoms with van der Waals surface area (Å²) in [5.41, 5.74) is 6.35. The summed E-state index contributed by atoms with van der Waals surface area (Å²) < 4.78 is 11.4. The molecule has 2 amide bonds. The molecule has 1 aromatic rings. The summed E-state index contributed by atoms with van der Waals surface area (Å²) in [6.45, 7) is 4.60.